The van der Waals surface area contributed by atoms with E-state index in [1.165, 1.54) is 11.3 Å². The van der Waals surface area contributed by atoms with E-state index in [1.54, 1.807) is 26.2 Å². The molecule has 1 aromatic heterocycles. The number of carbonyl (C=O) groups is 1. The topological polar surface area (TPSA) is 81.8 Å². The molecule has 2 rings (SSSR count). The van der Waals surface area contributed by atoms with Crippen molar-refractivity contribution in [1.29, 1.82) is 0 Å². The van der Waals surface area contributed by atoms with E-state index in [2.05, 4.69) is 6.58 Å². The first kappa shape index (κ1) is 17.6. The molecule has 0 unspecified atom stereocenters. The van der Waals surface area contributed by atoms with Crippen LogP contribution in [0.15, 0.2) is 42.3 Å². The third kappa shape index (κ3) is 3.78. The molecule has 2 aromatic rings. The van der Waals surface area contributed by atoms with Gasteiger partial charge in [0.05, 0.1) is 17.6 Å². The highest BCUT2D eigenvalue weighted by Gasteiger charge is 2.20. The summed E-state index contributed by atoms with van der Waals surface area (Å²) in [5.74, 6) is 0.353. The second kappa shape index (κ2) is 7.70. The minimum atomic E-state index is -0.998. The molecule has 1 aromatic carbocycles. The van der Waals surface area contributed by atoms with Crippen molar-refractivity contribution in [2.24, 2.45) is 5.73 Å². The van der Waals surface area contributed by atoms with Crippen molar-refractivity contribution in [2.75, 3.05) is 7.11 Å². The van der Waals surface area contributed by atoms with E-state index in [9.17, 15) is 9.90 Å². The number of benzene rings is 1. The molecular formula is C18H19NO4S. The van der Waals surface area contributed by atoms with Crippen LogP contribution >= 0.6 is 11.3 Å². The minimum absolute atomic E-state index is 0.203. The molecule has 126 valence electrons. The highest BCUT2D eigenvalue weighted by atomic mass is 32.1. The first-order valence-corrected chi connectivity index (χ1v) is 8.07. The second-order valence-corrected chi connectivity index (χ2v) is 5.85. The summed E-state index contributed by atoms with van der Waals surface area (Å²) in [6.07, 6.45) is 1.55. The SMILES string of the molecule is C=C(N)c1c(COc2cccc(OC)c2)csc1/C(=C\C)C(=O)O. The predicted molar refractivity (Wildman–Crippen MR) is 96.2 cm³/mol. The van der Waals surface area contributed by atoms with Gasteiger partial charge in [-0.25, -0.2) is 4.79 Å². The normalized spacial score (nSPS) is 11.2. The van der Waals surface area contributed by atoms with E-state index in [1.807, 2.05) is 23.6 Å². The molecule has 6 heteroatoms. The number of hydrogen-bond acceptors (Lipinski definition) is 5. The number of ether oxygens (including phenoxy) is 2. The molecule has 0 atom stereocenters. The molecule has 1 heterocycles. The van der Waals surface area contributed by atoms with Crippen molar-refractivity contribution >= 4 is 28.6 Å². The molecule has 3 N–H and O–H groups in total. The van der Waals surface area contributed by atoms with Crippen LogP contribution in [0.2, 0.25) is 0 Å². The maximum atomic E-state index is 11.4. The third-order valence-corrected chi connectivity index (χ3v) is 4.45. The quantitative estimate of drug-likeness (QED) is 0.747. The lowest BCUT2D eigenvalue weighted by atomic mass is 10.0. The van der Waals surface area contributed by atoms with Crippen molar-refractivity contribution in [1.82, 2.24) is 0 Å². The Kier molecular flexibility index (Phi) is 5.65. The zero-order valence-electron chi connectivity index (χ0n) is 13.5. The van der Waals surface area contributed by atoms with Crippen molar-refractivity contribution < 1.29 is 19.4 Å². The van der Waals surface area contributed by atoms with E-state index < -0.39 is 5.97 Å². The summed E-state index contributed by atoms with van der Waals surface area (Å²) < 4.78 is 10.9. The Bertz CT molecular complexity index is 792. The molecular weight excluding hydrogens is 326 g/mol. The zero-order chi connectivity index (χ0) is 17.7. The molecule has 0 bridgehead atoms. The van der Waals surface area contributed by atoms with Gasteiger partial charge in [0.15, 0.2) is 0 Å². The summed E-state index contributed by atoms with van der Waals surface area (Å²) in [6, 6.07) is 7.26. The third-order valence-electron chi connectivity index (χ3n) is 3.39. The Balaban J connectivity index is 2.29. The fourth-order valence-electron chi connectivity index (χ4n) is 2.25. The van der Waals surface area contributed by atoms with Crippen LogP contribution in [0, 0.1) is 0 Å². The van der Waals surface area contributed by atoms with Crippen LogP contribution in [0.5, 0.6) is 11.5 Å². The largest absolute Gasteiger partial charge is 0.497 e. The number of hydrogen-bond donors (Lipinski definition) is 2. The number of nitrogens with two attached hydrogens (primary N) is 1. The van der Waals surface area contributed by atoms with Crippen molar-refractivity contribution in [3.8, 4) is 11.5 Å². The van der Waals surface area contributed by atoms with E-state index in [4.69, 9.17) is 15.2 Å². The van der Waals surface area contributed by atoms with E-state index >= 15 is 0 Å². The summed E-state index contributed by atoms with van der Waals surface area (Å²) in [6.45, 7) is 5.70. The lowest BCUT2D eigenvalue weighted by Gasteiger charge is -2.10. The van der Waals surface area contributed by atoms with Gasteiger partial charge in [-0.15, -0.1) is 11.3 Å². The number of carboxylic acids is 1. The van der Waals surface area contributed by atoms with E-state index in [-0.39, 0.29) is 12.2 Å². The Morgan fingerprint density at radius 3 is 2.71 bits per heavy atom. The highest BCUT2D eigenvalue weighted by Crippen LogP contribution is 2.33. The Morgan fingerprint density at radius 1 is 1.42 bits per heavy atom. The molecule has 0 amide bonds. The molecule has 0 saturated carbocycles. The fourth-order valence-corrected chi connectivity index (χ4v) is 3.41. The van der Waals surface area contributed by atoms with Gasteiger partial charge in [0.25, 0.3) is 0 Å². The molecule has 0 radical (unpaired) electrons. The van der Waals surface area contributed by atoms with Gasteiger partial charge in [0.1, 0.15) is 18.1 Å². The van der Waals surface area contributed by atoms with Gasteiger partial charge in [-0.1, -0.05) is 18.7 Å². The lowest BCUT2D eigenvalue weighted by Crippen LogP contribution is -2.06. The molecule has 0 aliphatic heterocycles. The van der Waals surface area contributed by atoms with Gasteiger partial charge in [-0.2, -0.15) is 0 Å². The first-order chi connectivity index (χ1) is 11.5. The molecule has 0 aliphatic rings. The van der Waals surface area contributed by atoms with Crippen LogP contribution in [0.25, 0.3) is 11.3 Å². The predicted octanol–water partition coefficient (Wildman–Crippen LogP) is 3.75. The Labute approximate surface area is 144 Å². The van der Waals surface area contributed by atoms with Gasteiger partial charge >= 0.3 is 5.97 Å². The minimum Gasteiger partial charge on any atom is -0.497 e. The monoisotopic (exact) mass is 345 g/mol. The molecule has 5 nitrogen and oxygen atoms in total. The van der Waals surface area contributed by atoms with Gasteiger partial charge in [0.2, 0.25) is 0 Å². The van der Waals surface area contributed by atoms with E-state index in [0.29, 0.717) is 27.6 Å². The zero-order valence-corrected chi connectivity index (χ0v) is 14.4. The number of allylic oxidation sites excluding steroid dienone is 1. The fraction of sp³-hybridized carbons (Fsp3) is 0.167. The average molecular weight is 345 g/mol. The Hall–Kier alpha value is -2.73. The van der Waals surface area contributed by atoms with Crippen LogP contribution in [-0.2, 0) is 11.4 Å². The standard InChI is InChI=1S/C18H19NO4S/c1-4-15(18(20)21)17-16(11(2)19)12(10-24-17)9-23-14-7-5-6-13(8-14)22-3/h4-8,10H,2,9,19H2,1,3H3,(H,20,21)/b15-4+. The van der Waals surface area contributed by atoms with Gasteiger partial charge in [0, 0.05) is 22.9 Å². The summed E-state index contributed by atoms with van der Waals surface area (Å²) in [5, 5.41) is 11.2. The summed E-state index contributed by atoms with van der Waals surface area (Å²) in [4.78, 5) is 12.0. The van der Waals surface area contributed by atoms with Crippen LogP contribution in [0.1, 0.15) is 22.9 Å². The first-order valence-electron chi connectivity index (χ1n) is 7.19. The summed E-state index contributed by atoms with van der Waals surface area (Å²) in [7, 11) is 1.59. The maximum absolute atomic E-state index is 11.4. The van der Waals surface area contributed by atoms with Gasteiger partial charge in [-0.3, -0.25) is 0 Å². The van der Waals surface area contributed by atoms with Crippen LogP contribution in [-0.4, -0.2) is 18.2 Å². The van der Waals surface area contributed by atoms with Crippen LogP contribution in [0.4, 0.5) is 0 Å². The number of methoxy groups -OCH3 is 1. The van der Waals surface area contributed by atoms with E-state index in [0.717, 1.165) is 5.56 Å². The summed E-state index contributed by atoms with van der Waals surface area (Å²) >= 11 is 1.31. The molecule has 0 saturated heterocycles. The number of aliphatic carboxylic acids is 1. The summed E-state index contributed by atoms with van der Waals surface area (Å²) in [5.41, 5.74) is 7.82. The lowest BCUT2D eigenvalue weighted by molar-refractivity contribution is -0.130. The average Bonchev–Trinajstić information content (AvgIpc) is 2.97. The highest BCUT2D eigenvalue weighted by molar-refractivity contribution is 7.12. The van der Waals surface area contributed by atoms with Gasteiger partial charge in [-0.05, 0) is 24.4 Å². The van der Waals surface area contributed by atoms with Crippen molar-refractivity contribution in [2.45, 2.75) is 13.5 Å². The van der Waals surface area contributed by atoms with Crippen LogP contribution in [0.3, 0.4) is 0 Å². The molecule has 0 spiro atoms. The maximum Gasteiger partial charge on any atom is 0.336 e. The van der Waals surface area contributed by atoms with Gasteiger partial charge < -0.3 is 20.3 Å². The van der Waals surface area contributed by atoms with Crippen LogP contribution < -0.4 is 15.2 Å². The Morgan fingerprint density at radius 2 is 2.12 bits per heavy atom. The molecule has 24 heavy (non-hydrogen) atoms. The molecule has 0 aliphatic carbocycles. The molecule has 0 fully saturated rings. The second-order valence-electron chi connectivity index (χ2n) is 4.97. The number of thiophene rings is 1. The van der Waals surface area contributed by atoms with Crippen molar-refractivity contribution in [3.05, 3.63) is 58.3 Å². The number of rotatable bonds is 7. The smallest absolute Gasteiger partial charge is 0.336 e. The number of carboxylic acid groups (broad SMARTS) is 1. The van der Waals surface area contributed by atoms with Crippen molar-refractivity contribution in [3.63, 3.8) is 0 Å².